The summed E-state index contributed by atoms with van der Waals surface area (Å²) in [6, 6.07) is 3.17. The second kappa shape index (κ2) is 5.66. The fraction of sp³-hybridized carbons (Fsp3) is 0.588. The Morgan fingerprint density at radius 1 is 1.43 bits per heavy atom. The molecule has 0 aromatic heterocycles. The minimum atomic E-state index is -0.602. The van der Waals surface area contributed by atoms with Gasteiger partial charge in [-0.2, -0.15) is 0 Å². The zero-order valence-electron chi connectivity index (χ0n) is 13.3. The molecule has 1 aromatic carbocycles. The lowest BCUT2D eigenvalue weighted by Crippen LogP contribution is -2.37. The smallest absolute Gasteiger partial charge is 0.248 e. The van der Waals surface area contributed by atoms with Gasteiger partial charge in [0, 0.05) is 22.9 Å². The molecule has 2 atom stereocenters. The van der Waals surface area contributed by atoms with Crippen molar-refractivity contribution in [1.29, 1.82) is 0 Å². The molecule has 0 saturated heterocycles. The summed E-state index contributed by atoms with van der Waals surface area (Å²) < 4.78 is 13.9. The van der Waals surface area contributed by atoms with E-state index in [0.717, 1.165) is 19.3 Å². The first-order valence-electron chi connectivity index (χ1n) is 7.56. The summed E-state index contributed by atoms with van der Waals surface area (Å²) in [5, 5.41) is 3.42. The van der Waals surface area contributed by atoms with Crippen LogP contribution in [0.25, 0.3) is 0 Å². The Bertz CT molecular complexity index is 554. The number of hydrogen-bond donors (Lipinski definition) is 2. The minimum absolute atomic E-state index is 0.212. The number of carbonyl (C=O) groups excluding carboxylic acids is 1. The highest BCUT2D eigenvalue weighted by Crippen LogP contribution is 2.39. The van der Waals surface area contributed by atoms with Crippen LogP contribution >= 0.6 is 0 Å². The van der Waals surface area contributed by atoms with Crippen molar-refractivity contribution in [3.05, 3.63) is 29.1 Å². The van der Waals surface area contributed by atoms with Gasteiger partial charge in [0.1, 0.15) is 5.82 Å². The Balaban J connectivity index is 2.22. The molecule has 0 aliphatic heterocycles. The van der Waals surface area contributed by atoms with Crippen LogP contribution in [-0.2, 0) is 0 Å². The number of halogens is 1. The van der Waals surface area contributed by atoms with Gasteiger partial charge in [0.15, 0.2) is 0 Å². The predicted octanol–water partition coefficient (Wildman–Crippen LogP) is 3.86. The van der Waals surface area contributed by atoms with Gasteiger partial charge in [-0.15, -0.1) is 0 Å². The van der Waals surface area contributed by atoms with Gasteiger partial charge in [-0.1, -0.05) is 20.8 Å². The van der Waals surface area contributed by atoms with Crippen LogP contribution in [0.4, 0.5) is 10.1 Å². The normalized spacial score (nSPS) is 24.6. The van der Waals surface area contributed by atoms with Crippen LogP contribution in [0.2, 0.25) is 0 Å². The highest BCUT2D eigenvalue weighted by Gasteiger charge is 2.32. The molecule has 1 amide bonds. The second-order valence-electron chi connectivity index (χ2n) is 7.13. The number of hydrogen-bond acceptors (Lipinski definition) is 2. The van der Waals surface area contributed by atoms with Crippen LogP contribution in [0.5, 0.6) is 0 Å². The summed E-state index contributed by atoms with van der Waals surface area (Å²) >= 11 is 0. The average molecular weight is 292 g/mol. The topological polar surface area (TPSA) is 55.1 Å². The van der Waals surface area contributed by atoms with Crippen molar-refractivity contribution in [2.24, 2.45) is 17.1 Å². The molecule has 0 bridgehead atoms. The Morgan fingerprint density at radius 3 is 2.67 bits per heavy atom. The zero-order valence-corrected chi connectivity index (χ0v) is 13.3. The monoisotopic (exact) mass is 292 g/mol. The molecule has 21 heavy (non-hydrogen) atoms. The van der Waals surface area contributed by atoms with Gasteiger partial charge in [-0.05, 0) is 49.7 Å². The number of anilines is 1. The number of carbonyl (C=O) groups is 1. The lowest BCUT2D eigenvalue weighted by atomic mass is 9.70. The largest absolute Gasteiger partial charge is 0.382 e. The van der Waals surface area contributed by atoms with E-state index in [2.05, 4.69) is 26.1 Å². The molecule has 4 heteroatoms. The summed E-state index contributed by atoms with van der Waals surface area (Å²) in [6.07, 6.45) is 3.34. The van der Waals surface area contributed by atoms with Crippen LogP contribution in [0.15, 0.2) is 12.1 Å². The molecule has 1 aromatic rings. The Morgan fingerprint density at radius 2 is 2.10 bits per heavy atom. The lowest BCUT2D eigenvalue weighted by molar-refractivity contribution is 0.1000. The fourth-order valence-corrected chi connectivity index (χ4v) is 3.33. The van der Waals surface area contributed by atoms with E-state index in [9.17, 15) is 9.18 Å². The van der Waals surface area contributed by atoms with E-state index in [-0.39, 0.29) is 5.56 Å². The molecule has 2 unspecified atom stereocenters. The first-order valence-corrected chi connectivity index (χ1v) is 7.56. The second-order valence-corrected chi connectivity index (χ2v) is 7.13. The van der Waals surface area contributed by atoms with Gasteiger partial charge in [0.25, 0.3) is 0 Å². The van der Waals surface area contributed by atoms with Gasteiger partial charge in [0.05, 0.1) is 0 Å². The third-order valence-corrected chi connectivity index (χ3v) is 4.66. The first kappa shape index (κ1) is 15.8. The van der Waals surface area contributed by atoms with Crippen molar-refractivity contribution in [2.45, 2.75) is 53.0 Å². The molecule has 1 aliphatic carbocycles. The highest BCUT2D eigenvalue weighted by molar-refractivity contribution is 5.94. The Hall–Kier alpha value is -1.58. The van der Waals surface area contributed by atoms with E-state index < -0.39 is 11.7 Å². The van der Waals surface area contributed by atoms with Crippen molar-refractivity contribution in [1.82, 2.24) is 0 Å². The van der Waals surface area contributed by atoms with Crippen LogP contribution in [0.1, 0.15) is 56.0 Å². The van der Waals surface area contributed by atoms with Crippen molar-refractivity contribution in [3.63, 3.8) is 0 Å². The summed E-state index contributed by atoms with van der Waals surface area (Å²) in [4.78, 5) is 11.3. The quantitative estimate of drug-likeness (QED) is 0.888. The molecular weight excluding hydrogens is 267 g/mol. The molecule has 2 rings (SSSR count). The standard InChI is InChI=1S/C17H25FN2O/c1-10-9-17(3,4)6-5-14(10)20-15-8-12(16(19)21)7-13(18)11(15)2/h7-8,10,14,20H,5-6,9H2,1-4H3,(H2,19,21). The summed E-state index contributed by atoms with van der Waals surface area (Å²) in [5.74, 6) is -0.485. The summed E-state index contributed by atoms with van der Waals surface area (Å²) in [5.41, 5.74) is 7.06. The van der Waals surface area contributed by atoms with Crippen LogP contribution in [-0.4, -0.2) is 11.9 Å². The van der Waals surface area contributed by atoms with E-state index in [0.29, 0.717) is 28.6 Å². The highest BCUT2D eigenvalue weighted by atomic mass is 19.1. The number of rotatable bonds is 3. The van der Waals surface area contributed by atoms with Gasteiger partial charge in [0.2, 0.25) is 5.91 Å². The van der Waals surface area contributed by atoms with Gasteiger partial charge < -0.3 is 11.1 Å². The SMILES string of the molecule is Cc1c(F)cc(C(N)=O)cc1NC1CCC(C)(C)CC1C. The minimum Gasteiger partial charge on any atom is -0.382 e. The maximum atomic E-state index is 13.9. The van der Waals surface area contributed by atoms with Crippen molar-refractivity contribution in [3.8, 4) is 0 Å². The molecule has 0 spiro atoms. The number of benzene rings is 1. The number of primary amides is 1. The van der Waals surface area contributed by atoms with E-state index in [4.69, 9.17) is 5.73 Å². The van der Waals surface area contributed by atoms with Crippen LogP contribution in [0.3, 0.4) is 0 Å². The molecule has 1 fully saturated rings. The molecule has 0 radical (unpaired) electrons. The first-order chi connectivity index (χ1) is 9.69. The van der Waals surface area contributed by atoms with Gasteiger partial charge in [-0.3, -0.25) is 4.79 Å². The molecule has 116 valence electrons. The van der Waals surface area contributed by atoms with Crippen molar-refractivity contribution >= 4 is 11.6 Å². The molecular formula is C17H25FN2O. The van der Waals surface area contributed by atoms with E-state index >= 15 is 0 Å². The number of amides is 1. The van der Waals surface area contributed by atoms with Crippen LogP contribution in [0, 0.1) is 24.1 Å². The Kier molecular flexibility index (Phi) is 4.26. The maximum Gasteiger partial charge on any atom is 0.248 e. The van der Waals surface area contributed by atoms with Crippen LogP contribution < -0.4 is 11.1 Å². The maximum absolute atomic E-state index is 13.9. The van der Waals surface area contributed by atoms with E-state index in [1.54, 1.807) is 13.0 Å². The van der Waals surface area contributed by atoms with E-state index in [1.807, 2.05) is 0 Å². The molecule has 3 nitrogen and oxygen atoms in total. The number of nitrogens with two attached hydrogens (primary N) is 1. The summed E-state index contributed by atoms with van der Waals surface area (Å²) in [7, 11) is 0. The molecule has 1 aliphatic rings. The van der Waals surface area contributed by atoms with Crippen molar-refractivity contribution < 1.29 is 9.18 Å². The van der Waals surface area contributed by atoms with Gasteiger partial charge >= 0.3 is 0 Å². The van der Waals surface area contributed by atoms with Gasteiger partial charge in [-0.25, -0.2) is 4.39 Å². The Labute approximate surface area is 126 Å². The molecule has 0 heterocycles. The summed E-state index contributed by atoms with van der Waals surface area (Å²) in [6.45, 7) is 8.53. The lowest BCUT2D eigenvalue weighted by Gasteiger charge is -2.40. The van der Waals surface area contributed by atoms with E-state index in [1.165, 1.54) is 6.07 Å². The van der Waals surface area contributed by atoms with Crippen molar-refractivity contribution in [2.75, 3.05) is 5.32 Å². The number of nitrogens with one attached hydrogen (secondary N) is 1. The third-order valence-electron chi connectivity index (χ3n) is 4.66. The predicted molar refractivity (Wildman–Crippen MR) is 83.9 cm³/mol. The zero-order chi connectivity index (χ0) is 15.8. The molecule has 1 saturated carbocycles. The average Bonchev–Trinajstić information content (AvgIpc) is 2.36. The third kappa shape index (κ3) is 3.55. The molecule has 3 N–H and O–H groups in total. The fourth-order valence-electron chi connectivity index (χ4n) is 3.33.